The van der Waals surface area contributed by atoms with Crippen molar-refractivity contribution < 1.29 is 14.3 Å². The minimum absolute atomic E-state index is 0.0613. The Morgan fingerprint density at radius 1 is 1.38 bits per heavy atom. The first-order chi connectivity index (χ1) is 12.3. The maximum Gasteiger partial charge on any atom is 0.340 e. The first-order valence-electron chi connectivity index (χ1n) is 8.85. The van der Waals surface area contributed by atoms with Gasteiger partial charge in [-0.25, -0.2) is 9.78 Å². The maximum atomic E-state index is 12.5. The molecule has 1 fully saturated rings. The summed E-state index contributed by atoms with van der Waals surface area (Å²) in [6.07, 6.45) is 1.14. The summed E-state index contributed by atoms with van der Waals surface area (Å²) < 4.78 is 4.99. The van der Waals surface area contributed by atoms with Gasteiger partial charge in [0, 0.05) is 13.1 Å². The number of carbonyl (C=O) groups excluding carboxylic acids is 2. The van der Waals surface area contributed by atoms with Crippen LogP contribution in [-0.2, 0) is 9.53 Å². The minimum atomic E-state index is -0.488. The molecular weight excluding hydrogens is 350 g/mol. The van der Waals surface area contributed by atoms with Crippen LogP contribution >= 0.6 is 11.8 Å². The second kappa shape index (κ2) is 9.04. The molecule has 6 nitrogen and oxygen atoms in total. The molecule has 0 aliphatic carbocycles. The van der Waals surface area contributed by atoms with E-state index in [1.54, 1.807) is 13.8 Å². The van der Waals surface area contributed by atoms with Gasteiger partial charge in [-0.1, -0.05) is 25.6 Å². The van der Waals surface area contributed by atoms with Gasteiger partial charge in [0.05, 0.1) is 29.2 Å². The first kappa shape index (κ1) is 20.2. The molecule has 7 heteroatoms. The number of pyridine rings is 1. The van der Waals surface area contributed by atoms with E-state index in [1.165, 1.54) is 17.8 Å². The number of rotatable bonds is 5. The number of hydrogen-bond acceptors (Lipinski definition) is 6. The molecule has 0 radical (unpaired) electrons. The molecular formula is C19H25N3O3S. The van der Waals surface area contributed by atoms with Crippen LogP contribution in [0.3, 0.4) is 0 Å². The lowest BCUT2D eigenvalue weighted by atomic mass is 9.92. The summed E-state index contributed by atoms with van der Waals surface area (Å²) in [6, 6.07) is 3.56. The molecule has 2 rings (SSSR count). The van der Waals surface area contributed by atoms with Crippen LogP contribution in [-0.4, -0.2) is 47.2 Å². The third kappa shape index (κ3) is 4.98. The number of aryl methyl sites for hydroxylation is 1. The van der Waals surface area contributed by atoms with Gasteiger partial charge in [0.15, 0.2) is 0 Å². The van der Waals surface area contributed by atoms with Crippen LogP contribution in [0.4, 0.5) is 0 Å². The van der Waals surface area contributed by atoms with Crippen molar-refractivity contribution in [2.24, 2.45) is 11.8 Å². The largest absolute Gasteiger partial charge is 0.462 e. The van der Waals surface area contributed by atoms with E-state index in [1.807, 2.05) is 4.90 Å². The Labute approximate surface area is 158 Å². The molecule has 1 amide bonds. The standard InChI is InChI=1S/C19H25N3O3S/c1-5-25-19(24)16-7-15(8-20)18(21-14(16)4)26-11-17(23)22-9-12(2)6-13(3)10-22/h7,12-13H,5-6,9-11H2,1-4H3/t12-,13+. The van der Waals surface area contributed by atoms with E-state index in [-0.39, 0.29) is 29.4 Å². The molecule has 0 saturated carbocycles. The minimum Gasteiger partial charge on any atom is -0.462 e. The van der Waals surface area contributed by atoms with E-state index in [2.05, 4.69) is 24.9 Å². The van der Waals surface area contributed by atoms with Gasteiger partial charge in [-0.05, 0) is 38.2 Å². The van der Waals surface area contributed by atoms with Crippen LogP contribution < -0.4 is 0 Å². The normalized spacial score (nSPS) is 19.7. The number of amides is 1. The summed E-state index contributed by atoms with van der Waals surface area (Å²) in [7, 11) is 0. The highest BCUT2D eigenvalue weighted by molar-refractivity contribution is 8.00. The molecule has 26 heavy (non-hydrogen) atoms. The Morgan fingerprint density at radius 3 is 2.62 bits per heavy atom. The van der Waals surface area contributed by atoms with Crippen LogP contribution in [0.15, 0.2) is 11.1 Å². The lowest BCUT2D eigenvalue weighted by molar-refractivity contribution is -0.130. The fourth-order valence-electron chi connectivity index (χ4n) is 3.28. The summed E-state index contributed by atoms with van der Waals surface area (Å²) in [5, 5.41) is 9.85. The highest BCUT2D eigenvalue weighted by Gasteiger charge is 2.26. The molecule has 1 saturated heterocycles. The van der Waals surface area contributed by atoms with Crippen LogP contribution in [0, 0.1) is 30.1 Å². The van der Waals surface area contributed by atoms with Gasteiger partial charge in [-0.3, -0.25) is 4.79 Å². The van der Waals surface area contributed by atoms with E-state index in [0.717, 1.165) is 19.5 Å². The van der Waals surface area contributed by atoms with Gasteiger partial charge in [-0.2, -0.15) is 5.26 Å². The fraction of sp³-hybridized carbons (Fsp3) is 0.579. The summed E-state index contributed by atoms with van der Waals surface area (Å²) in [4.78, 5) is 30.7. The Hall–Kier alpha value is -2.07. The second-order valence-corrected chi connectivity index (χ2v) is 7.80. The molecule has 0 spiro atoms. The van der Waals surface area contributed by atoms with Crippen molar-refractivity contribution in [1.29, 1.82) is 5.26 Å². The topological polar surface area (TPSA) is 83.3 Å². The fourth-order valence-corrected chi connectivity index (χ4v) is 4.18. The van der Waals surface area contributed by atoms with Crippen molar-refractivity contribution in [2.45, 2.75) is 39.1 Å². The molecule has 0 bridgehead atoms. The van der Waals surface area contributed by atoms with Gasteiger partial charge in [0.1, 0.15) is 11.1 Å². The number of thioether (sulfide) groups is 1. The van der Waals surface area contributed by atoms with Crippen LogP contribution in [0.5, 0.6) is 0 Å². The number of nitriles is 1. The Morgan fingerprint density at radius 2 is 2.04 bits per heavy atom. The van der Waals surface area contributed by atoms with E-state index < -0.39 is 5.97 Å². The van der Waals surface area contributed by atoms with Crippen LogP contribution in [0.1, 0.15) is 48.8 Å². The zero-order valence-corrected chi connectivity index (χ0v) is 16.6. The highest BCUT2D eigenvalue weighted by atomic mass is 32.2. The number of hydrogen-bond donors (Lipinski definition) is 0. The molecule has 0 unspecified atom stereocenters. The molecule has 2 atom stereocenters. The van der Waals surface area contributed by atoms with Crippen molar-refractivity contribution in [3.63, 3.8) is 0 Å². The zero-order valence-electron chi connectivity index (χ0n) is 15.7. The van der Waals surface area contributed by atoms with Crippen molar-refractivity contribution in [2.75, 3.05) is 25.4 Å². The summed E-state index contributed by atoms with van der Waals surface area (Å²) in [5.74, 6) is 0.821. The SMILES string of the molecule is CCOC(=O)c1cc(C#N)c(SCC(=O)N2C[C@H](C)C[C@H](C)C2)nc1C. The molecule has 1 aliphatic rings. The van der Waals surface area contributed by atoms with E-state index in [9.17, 15) is 14.9 Å². The summed E-state index contributed by atoms with van der Waals surface area (Å²) in [5.41, 5.74) is 1.08. The molecule has 2 heterocycles. The number of likely N-dealkylation sites (tertiary alicyclic amines) is 1. The van der Waals surface area contributed by atoms with Gasteiger partial charge in [-0.15, -0.1) is 0 Å². The third-order valence-electron chi connectivity index (χ3n) is 4.35. The average Bonchev–Trinajstić information content (AvgIpc) is 2.58. The van der Waals surface area contributed by atoms with Crippen LogP contribution in [0.2, 0.25) is 0 Å². The molecule has 140 valence electrons. The Balaban J connectivity index is 2.09. The smallest absolute Gasteiger partial charge is 0.340 e. The number of piperidine rings is 1. The summed E-state index contributed by atoms with van der Waals surface area (Å²) in [6.45, 7) is 9.58. The van der Waals surface area contributed by atoms with Crippen molar-refractivity contribution in [3.05, 3.63) is 22.9 Å². The van der Waals surface area contributed by atoms with E-state index >= 15 is 0 Å². The maximum absolute atomic E-state index is 12.5. The highest BCUT2D eigenvalue weighted by Crippen LogP contribution is 2.26. The summed E-state index contributed by atoms with van der Waals surface area (Å²) >= 11 is 1.25. The Bertz CT molecular complexity index is 719. The van der Waals surface area contributed by atoms with Gasteiger partial charge >= 0.3 is 5.97 Å². The van der Waals surface area contributed by atoms with Gasteiger partial charge < -0.3 is 9.64 Å². The predicted molar refractivity (Wildman–Crippen MR) is 99.9 cm³/mol. The van der Waals surface area contributed by atoms with Crippen molar-refractivity contribution in [1.82, 2.24) is 9.88 Å². The first-order valence-corrected chi connectivity index (χ1v) is 9.83. The van der Waals surface area contributed by atoms with Crippen molar-refractivity contribution in [3.8, 4) is 6.07 Å². The van der Waals surface area contributed by atoms with Gasteiger partial charge in [0.2, 0.25) is 5.91 Å². The quantitative estimate of drug-likeness (QED) is 0.581. The lowest BCUT2D eigenvalue weighted by Crippen LogP contribution is -2.43. The number of carbonyl (C=O) groups is 2. The molecule has 0 aromatic carbocycles. The third-order valence-corrected chi connectivity index (χ3v) is 5.32. The predicted octanol–water partition coefficient (Wildman–Crippen LogP) is 3.04. The van der Waals surface area contributed by atoms with E-state index in [0.29, 0.717) is 22.6 Å². The second-order valence-electron chi connectivity index (χ2n) is 6.84. The number of esters is 1. The lowest BCUT2D eigenvalue weighted by Gasteiger charge is -2.35. The number of aromatic nitrogens is 1. The molecule has 0 N–H and O–H groups in total. The average molecular weight is 375 g/mol. The zero-order chi connectivity index (χ0) is 19.3. The molecule has 1 aromatic rings. The van der Waals surface area contributed by atoms with Crippen molar-refractivity contribution >= 4 is 23.6 Å². The monoisotopic (exact) mass is 375 g/mol. The molecule has 1 aliphatic heterocycles. The Kier molecular flexibility index (Phi) is 7.04. The molecule has 1 aromatic heterocycles. The number of nitrogens with zero attached hydrogens (tertiary/aromatic N) is 3. The van der Waals surface area contributed by atoms with Gasteiger partial charge in [0.25, 0.3) is 0 Å². The van der Waals surface area contributed by atoms with E-state index in [4.69, 9.17) is 4.74 Å². The number of ether oxygens (including phenoxy) is 1. The van der Waals surface area contributed by atoms with Crippen LogP contribution in [0.25, 0.3) is 0 Å².